The van der Waals surface area contributed by atoms with E-state index in [0.717, 1.165) is 25.9 Å². The Morgan fingerprint density at radius 2 is 2.00 bits per heavy atom. The molecule has 0 aromatic carbocycles. The van der Waals surface area contributed by atoms with E-state index in [9.17, 15) is 5.11 Å². The van der Waals surface area contributed by atoms with Gasteiger partial charge in [0.25, 0.3) is 0 Å². The first-order chi connectivity index (χ1) is 5.86. The van der Waals surface area contributed by atoms with Crippen molar-refractivity contribution in [1.82, 2.24) is 0 Å². The first-order valence-corrected chi connectivity index (χ1v) is 4.81. The van der Waals surface area contributed by atoms with E-state index >= 15 is 0 Å². The van der Waals surface area contributed by atoms with Crippen LogP contribution in [-0.2, 0) is 9.47 Å². The summed E-state index contributed by atoms with van der Waals surface area (Å²) in [6.45, 7) is 0.842. The van der Waals surface area contributed by atoms with Crippen LogP contribution in [0.5, 0.6) is 0 Å². The summed E-state index contributed by atoms with van der Waals surface area (Å²) in [5.41, 5.74) is 0. The van der Waals surface area contributed by atoms with E-state index < -0.39 is 0 Å². The zero-order valence-corrected chi connectivity index (χ0v) is 6.98. The minimum atomic E-state index is -0.232. The molecular weight excluding hydrogens is 156 g/mol. The van der Waals surface area contributed by atoms with Gasteiger partial charge in [0.05, 0.1) is 24.4 Å². The predicted octanol–water partition coefficient (Wildman–Crippen LogP) is 0.314. The number of aliphatic hydroxyl groups is 1. The molecule has 3 rings (SSSR count). The van der Waals surface area contributed by atoms with Gasteiger partial charge in [-0.05, 0) is 19.3 Å². The van der Waals surface area contributed by atoms with Gasteiger partial charge >= 0.3 is 0 Å². The SMILES string of the molecule is O[C@@H]1CC[C@H]2[C@H]3OCC[C@H]3O[C@@H]21. The molecule has 1 aliphatic carbocycles. The second kappa shape index (κ2) is 2.44. The van der Waals surface area contributed by atoms with Crippen LogP contribution in [0, 0.1) is 5.92 Å². The second-order valence-electron chi connectivity index (χ2n) is 4.07. The summed E-state index contributed by atoms with van der Waals surface area (Å²) in [5.74, 6) is 0.479. The van der Waals surface area contributed by atoms with Gasteiger partial charge in [0.2, 0.25) is 0 Å². The zero-order chi connectivity index (χ0) is 8.13. The average molecular weight is 170 g/mol. The van der Waals surface area contributed by atoms with E-state index in [1.54, 1.807) is 0 Å². The Morgan fingerprint density at radius 1 is 1.08 bits per heavy atom. The predicted molar refractivity (Wildman–Crippen MR) is 41.7 cm³/mol. The molecule has 5 atom stereocenters. The summed E-state index contributed by atoms with van der Waals surface area (Å²) in [4.78, 5) is 0. The Balaban J connectivity index is 1.83. The highest BCUT2D eigenvalue weighted by Crippen LogP contribution is 2.44. The number of rotatable bonds is 0. The first-order valence-electron chi connectivity index (χ1n) is 4.81. The van der Waals surface area contributed by atoms with E-state index in [1.165, 1.54) is 0 Å². The molecule has 0 radical (unpaired) electrons. The zero-order valence-electron chi connectivity index (χ0n) is 6.98. The minimum Gasteiger partial charge on any atom is -0.390 e. The molecule has 0 spiro atoms. The van der Waals surface area contributed by atoms with Crippen LogP contribution in [0.4, 0.5) is 0 Å². The van der Waals surface area contributed by atoms with Crippen LogP contribution >= 0.6 is 0 Å². The molecule has 2 heterocycles. The van der Waals surface area contributed by atoms with Crippen LogP contribution in [0.2, 0.25) is 0 Å². The molecule has 0 unspecified atom stereocenters. The number of hydrogen-bond donors (Lipinski definition) is 1. The summed E-state index contributed by atoms with van der Waals surface area (Å²) in [5, 5.41) is 9.57. The van der Waals surface area contributed by atoms with Crippen molar-refractivity contribution in [2.75, 3.05) is 6.61 Å². The fourth-order valence-electron chi connectivity index (χ4n) is 2.86. The molecule has 3 heteroatoms. The summed E-state index contributed by atoms with van der Waals surface area (Å²) < 4.78 is 11.3. The normalized spacial score (nSPS) is 57.2. The van der Waals surface area contributed by atoms with E-state index in [1.807, 2.05) is 0 Å². The van der Waals surface area contributed by atoms with Crippen molar-refractivity contribution < 1.29 is 14.6 Å². The highest BCUT2D eigenvalue weighted by atomic mass is 16.6. The Bertz CT molecular complexity index is 192. The summed E-state index contributed by atoms with van der Waals surface area (Å²) in [6, 6.07) is 0. The summed E-state index contributed by atoms with van der Waals surface area (Å²) in [7, 11) is 0. The Labute approximate surface area is 71.7 Å². The third-order valence-electron chi connectivity index (χ3n) is 3.43. The van der Waals surface area contributed by atoms with E-state index in [0.29, 0.717) is 12.0 Å². The van der Waals surface area contributed by atoms with Gasteiger partial charge in [0.1, 0.15) is 0 Å². The molecule has 2 saturated heterocycles. The van der Waals surface area contributed by atoms with Gasteiger partial charge in [-0.2, -0.15) is 0 Å². The van der Waals surface area contributed by atoms with Gasteiger partial charge < -0.3 is 14.6 Å². The number of fused-ring (bicyclic) bond motifs is 3. The van der Waals surface area contributed by atoms with Gasteiger partial charge in [-0.15, -0.1) is 0 Å². The van der Waals surface area contributed by atoms with Crippen LogP contribution in [0.1, 0.15) is 19.3 Å². The lowest BCUT2D eigenvalue weighted by Crippen LogP contribution is -2.26. The molecule has 0 aromatic rings. The standard InChI is InChI=1S/C9H14O3/c10-6-2-1-5-8(6)12-7-3-4-11-9(5)7/h5-10H,1-4H2/t5-,6-,7-,8+,9-/m1/s1. The molecule has 1 N–H and O–H groups in total. The Kier molecular flexibility index (Phi) is 1.48. The van der Waals surface area contributed by atoms with Gasteiger partial charge in [-0.3, -0.25) is 0 Å². The molecular formula is C9H14O3. The van der Waals surface area contributed by atoms with Crippen LogP contribution in [0.25, 0.3) is 0 Å². The largest absolute Gasteiger partial charge is 0.390 e. The maximum atomic E-state index is 9.57. The molecule has 3 aliphatic rings. The van der Waals surface area contributed by atoms with Gasteiger partial charge in [0.15, 0.2) is 0 Å². The third-order valence-corrected chi connectivity index (χ3v) is 3.43. The second-order valence-corrected chi connectivity index (χ2v) is 4.07. The maximum absolute atomic E-state index is 9.57. The number of hydrogen-bond acceptors (Lipinski definition) is 3. The molecule has 3 nitrogen and oxygen atoms in total. The van der Waals surface area contributed by atoms with Gasteiger partial charge in [-0.25, -0.2) is 0 Å². The Morgan fingerprint density at radius 3 is 2.92 bits per heavy atom. The molecule has 0 aromatic heterocycles. The van der Waals surface area contributed by atoms with Crippen molar-refractivity contribution in [1.29, 1.82) is 0 Å². The molecule has 12 heavy (non-hydrogen) atoms. The smallest absolute Gasteiger partial charge is 0.0892 e. The molecule has 3 fully saturated rings. The minimum absolute atomic E-state index is 0.0836. The Hall–Kier alpha value is -0.120. The lowest BCUT2D eigenvalue weighted by molar-refractivity contribution is -0.0270. The molecule has 0 amide bonds. The van der Waals surface area contributed by atoms with Crippen LogP contribution in [0.3, 0.4) is 0 Å². The van der Waals surface area contributed by atoms with Crippen molar-refractivity contribution in [3.8, 4) is 0 Å². The number of ether oxygens (including phenoxy) is 2. The number of aliphatic hydroxyl groups excluding tert-OH is 1. The fourth-order valence-corrected chi connectivity index (χ4v) is 2.86. The van der Waals surface area contributed by atoms with E-state index in [-0.39, 0.29) is 18.3 Å². The van der Waals surface area contributed by atoms with E-state index in [2.05, 4.69) is 0 Å². The van der Waals surface area contributed by atoms with Crippen molar-refractivity contribution in [3.63, 3.8) is 0 Å². The maximum Gasteiger partial charge on any atom is 0.0892 e. The van der Waals surface area contributed by atoms with Crippen molar-refractivity contribution in [2.24, 2.45) is 5.92 Å². The average Bonchev–Trinajstić information content (AvgIpc) is 2.63. The van der Waals surface area contributed by atoms with Crippen LogP contribution in [0.15, 0.2) is 0 Å². The highest BCUT2D eigenvalue weighted by Gasteiger charge is 2.52. The van der Waals surface area contributed by atoms with Crippen LogP contribution in [-0.4, -0.2) is 36.1 Å². The van der Waals surface area contributed by atoms with E-state index in [4.69, 9.17) is 9.47 Å². The molecule has 68 valence electrons. The summed E-state index contributed by atoms with van der Waals surface area (Å²) in [6.07, 6.45) is 3.42. The van der Waals surface area contributed by atoms with Crippen molar-refractivity contribution >= 4 is 0 Å². The molecule has 0 bridgehead atoms. The fraction of sp³-hybridized carbons (Fsp3) is 1.00. The highest BCUT2D eigenvalue weighted by molar-refractivity contribution is 5.01. The lowest BCUT2D eigenvalue weighted by Gasteiger charge is -2.14. The van der Waals surface area contributed by atoms with Gasteiger partial charge in [0, 0.05) is 12.5 Å². The van der Waals surface area contributed by atoms with Crippen LogP contribution < -0.4 is 0 Å². The third kappa shape index (κ3) is 0.817. The first kappa shape index (κ1) is 7.30. The quantitative estimate of drug-likeness (QED) is 0.568. The topological polar surface area (TPSA) is 38.7 Å². The van der Waals surface area contributed by atoms with Crippen molar-refractivity contribution in [2.45, 2.75) is 43.7 Å². The van der Waals surface area contributed by atoms with Gasteiger partial charge in [-0.1, -0.05) is 0 Å². The monoisotopic (exact) mass is 170 g/mol. The lowest BCUT2D eigenvalue weighted by atomic mass is 9.98. The summed E-state index contributed by atoms with van der Waals surface area (Å²) >= 11 is 0. The molecule has 2 aliphatic heterocycles. The van der Waals surface area contributed by atoms with Crippen molar-refractivity contribution in [3.05, 3.63) is 0 Å². The molecule has 1 saturated carbocycles.